The molecule has 0 spiro atoms. The monoisotopic (exact) mass is 445 g/mol. The van der Waals surface area contributed by atoms with Gasteiger partial charge in [0.25, 0.3) is 0 Å². The van der Waals surface area contributed by atoms with Crippen molar-refractivity contribution in [1.82, 2.24) is 9.80 Å². The Balaban J connectivity index is 0.000000439. The normalized spacial score (nSPS) is 19.0. The summed E-state index contributed by atoms with van der Waals surface area (Å²) in [5.41, 5.74) is 7.52. The zero-order chi connectivity index (χ0) is 23.5. The van der Waals surface area contributed by atoms with Crippen molar-refractivity contribution >= 4 is 17.9 Å². The van der Waals surface area contributed by atoms with Crippen LogP contribution < -0.4 is 5.73 Å². The third-order valence-corrected chi connectivity index (χ3v) is 6.04. The zero-order valence-electron chi connectivity index (χ0n) is 19.0. The Hall–Kier alpha value is -2.67. The van der Waals surface area contributed by atoms with Gasteiger partial charge in [0.15, 0.2) is 0 Å². The molecule has 1 aromatic rings. The Bertz CT molecular complexity index is 803. The van der Waals surface area contributed by atoms with Gasteiger partial charge in [-0.05, 0) is 30.9 Å². The van der Waals surface area contributed by atoms with Crippen molar-refractivity contribution in [2.24, 2.45) is 5.73 Å². The highest BCUT2D eigenvalue weighted by atomic mass is 16.5. The molecule has 1 heterocycles. The number of benzene rings is 1. The Morgan fingerprint density at radius 1 is 1.28 bits per heavy atom. The molecule has 1 aliphatic heterocycles. The van der Waals surface area contributed by atoms with Gasteiger partial charge < -0.3 is 25.4 Å². The number of fused-ring (bicyclic) bond motifs is 1. The van der Waals surface area contributed by atoms with Crippen LogP contribution in [0.4, 0.5) is 4.79 Å². The fourth-order valence-electron chi connectivity index (χ4n) is 4.09. The molecule has 32 heavy (non-hydrogen) atoms. The summed E-state index contributed by atoms with van der Waals surface area (Å²) in [5.74, 6) is 0.629. The SMILES string of the molecule is CCN(CC(C=C=O)OC)C(=O)N1Cc2ccccc2C[C@H]1C(=O)O.NC1CCCCC1. The minimum atomic E-state index is -1.03. The van der Waals surface area contributed by atoms with E-state index in [9.17, 15) is 19.5 Å². The van der Waals surface area contributed by atoms with E-state index >= 15 is 0 Å². The Morgan fingerprint density at radius 2 is 1.94 bits per heavy atom. The second-order valence-electron chi connectivity index (χ2n) is 8.23. The number of nitrogens with zero attached hydrogens (tertiary/aromatic N) is 2. The second-order valence-corrected chi connectivity index (χ2v) is 8.23. The number of carboxylic acid groups (broad SMARTS) is 1. The molecule has 1 unspecified atom stereocenters. The first kappa shape index (κ1) is 25.6. The van der Waals surface area contributed by atoms with E-state index in [0.717, 1.165) is 11.1 Å². The molecule has 3 rings (SSSR count). The van der Waals surface area contributed by atoms with E-state index in [4.69, 9.17) is 10.5 Å². The van der Waals surface area contributed by atoms with E-state index in [-0.39, 0.29) is 25.5 Å². The molecular weight excluding hydrogens is 410 g/mol. The Labute approximate surface area is 190 Å². The molecule has 2 amide bonds. The summed E-state index contributed by atoms with van der Waals surface area (Å²) in [5, 5.41) is 9.56. The Kier molecular flexibility index (Phi) is 10.4. The number of hydrogen-bond acceptors (Lipinski definition) is 5. The lowest BCUT2D eigenvalue weighted by molar-refractivity contribution is -0.142. The summed E-state index contributed by atoms with van der Waals surface area (Å²) < 4.78 is 5.14. The standard InChI is InChI=1S/C18H22N2O5.C6H13N/c1-3-19(12-15(25-2)8-9-21)18(24)20-11-14-7-5-4-6-13(14)10-16(20)17(22)23;7-6-4-2-1-3-5-6/h4-8,15-16H,3,10-12H2,1-2H3,(H,22,23);6H,1-5,7H2/t15?,16-;/m0./s1. The minimum absolute atomic E-state index is 0.158. The van der Waals surface area contributed by atoms with Gasteiger partial charge >= 0.3 is 12.0 Å². The van der Waals surface area contributed by atoms with Crippen LogP contribution in [-0.4, -0.2) is 71.2 Å². The second kappa shape index (κ2) is 13.0. The first-order chi connectivity index (χ1) is 15.4. The van der Waals surface area contributed by atoms with Gasteiger partial charge in [-0.3, -0.25) is 0 Å². The van der Waals surface area contributed by atoms with E-state index < -0.39 is 18.1 Å². The van der Waals surface area contributed by atoms with Gasteiger partial charge in [0.2, 0.25) is 0 Å². The highest BCUT2D eigenvalue weighted by Gasteiger charge is 2.36. The van der Waals surface area contributed by atoms with Gasteiger partial charge in [-0.25, -0.2) is 14.4 Å². The Morgan fingerprint density at radius 3 is 2.44 bits per heavy atom. The van der Waals surface area contributed by atoms with Crippen molar-refractivity contribution < 1.29 is 24.2 Å². The maximum absolute atomic E-state index is 12.9. The first-order valence-corrected chi connectivity index (χ1v) is 11.3. The van der Waals surface area contributed by atoms with Crippen molar-refractivity contribution in [3.05, 3.63) is 41.5 Å². The quantitative estimate of drug-likeness (QED) is 0.651. The highest BCUT2D eigenvalue weighted by Crippen LogP contribution is 2.25. The smallest absolute Gasteiger partial charge is 0.326 e. The average molecular weight is 446 g/mol. The lowest BCUT2D eigenvalue weighted by Gasteiger charge is -2.38. The number of aliphatic carboxylic acids is 1. The molecule has 2 atom stereocenters. The molecule has 0 bridgehead atoms. The third-order valence-electron chi connectivity index (χ3n) is 6.04. The van der Waals surface area contributed by atoms with Crippen LogP contribution in [0.3, 0.4) is 0 Å². The third kappa shape index (κ3) is 7.19. The molecular formula is C24H35N3O5. The van der Waals surface area contributed by atoms with Crippen LogP contribution in [0.2, 0.25) is 0 Å². The van der Waals surface area contributed by atoms with Crippen molar-refractivity contribution in [2.45, 2.75) is 70.2 Å². The number of ether oxygens (including phenoxy) is 1. The highest BCUT2D eigenvalue weighted by molar-refractivity contribution is 5.83. The topological polar surface area (TPSA) is 113 Å². The molecule has 2 aliphatic rings. The summed E-state index contributed by atoms with van der Waals surface area (Å²) >= 11 is 0. The van der Waals surface area contributed by atoms with E-state index in [1.807, 2.05) is 24.3 Å². The van der Waals surface area contributed by atoms with Crippen LogP contribution >= 0.6 is 0 Å². The van der Waals surface area contributed by atoms with Gasteiger partial charge in [-0.2, -0.15) is 0 Å². The van der Waals surface area contributed by atoms with Crippen LogP contribution in [0, 0.1) is 0 Å². The van der Waals surface area contributed by atoms with Crippen LogP contribution in [0.5, 0.6) is 0 Å². The van der Waals surface area contributed by atoms with Crippen molar-refractivity contribution in [3.8, 4) is 0 Å². The first-order valence-electron chi connectivity index (χ1n) is 11.3. The number of carboxylic acids is 1. The van der Waals surface area contributed by atoms with E-state index in [0.29, 0.717) is 12.6 Å². The van der Waals surface area contributed by atoms with Gasteiger partial charge in [0, 0.05) is 38.7 Å². The molecule has 0 saturated heterocycles. The number of carbonyl (C=O) groups excluding carboxylic acids is 2. The summed E-state index contributed by atoms with van der Waals surface area (Å²) in [6.45, 7) is 2.56. The molecule has 1 saturated carbocycles. The van der Waals surface area contributed by atoms with E-state index in [1.54, 1.807) is 12.9 Å². The van der Waals surface area contributed by atoms with Gasteiger partial charge in [0.1, 0.15) is 18.1 Å². The van der Waals surface area contributed by atoms with E-state index in [2.05, 4.69) is 0 Å². The predicted molar refractivity (Wildman–Crippen MR) is 122 cm³/mol. The summed E-state index contributed by atoms with van der Waals surface area (Å²) in [7, 11) is 1.44. The zero-order valence-corrected chi connectivity index (χ0v) is 19.0. The van der Waals surface area contributed by atoms with Gasteiger partial charge in [-0.1, -0.05) is 43.5 Å². The molecule has 1 aliphatic carbocycles. The average Bonchev–Trinajstić information content (AvgIpc) is 2.81. The number of rotatable bonds is 6. The maximum atomic E-state index is 12.9. The number of carbonyl (C=O) groups is 2. The van der Waals surface area contributed by atoms with Crippen LogP contribution in [0.15, 0.2) is 30.3 Å². The largest absolute Gasteiger partial charge is 0.480 e. The molecule has 1 aromatic carbocycles. The van der Waals surface area contributed by atoms with Crippen LogP contribution in [0.1, 0.15) is 50.2 Å². The maximum Gasteiger partial charge on any atom is 0.326 e. The molecule has 0 radical (unpaired) electrons. The molecule has 8 heteroatoms. The lowest BCUT2D eigenvalue weighted by atomic mass is 9.94. The van der Waals surface area contributed by atoms with Crippen molar-refractivity contribution in [2.75, 3.05) is 20.2 Å². The van der Waals surface area contributed by atoms with Crippen molar-refractivity contribution in [3.63, 3.8) is 0 Å². The number of likely N-dealkylation sites (N-methyl/N-ethyl adjacent to an activating group) is 1. The number of methoxy groups -OCH3 is 1. The summed E-state index contributed by atoms with van der Waals surface area (Å²) in [6.07, 6.45) is 7.56. The number of hydrogen-bond donors (Lipinski definition) is 2. The number of nitrogens with two attached hydrogens (primary N) is 1. The van der Waals surface area contributed by atoms with Crippen molar-refractivity contribution in [1.29, 1.82) is 0 Å². The van der Waals surface area contributed by atoms with Crippen LogP contribution in [-0.2, 0) is 27.3 Å². The fraction of sp³-hybridized carbons (Fsp3) is 0.583. The van der Waals surface area contributed by atoms with Crippen LogP contribution in [0.25, 0.3) is 0 Å². The fourth-order valence-corrected chi connectivity index (χ4v) is 4.09. The minimum Gasteiger partial charge on any atom is -0.480 e. The molecule has 0 aromatic heterocycles. The van der Waals surface area contributed by atoms with Gasteiger partial charge in [-0.15, -0.1) is 0 Å². The predicted octanol–water partition coefficient (Wildman–Crippen LogP) is 2.62. The summed E-state index contributed by atoms with van der Waals surface area (Å²) in [6, 6.07) is 6.76. The molecule has 176 valence electrons. The molecule has 3 N–H and O–H groups in total. The summed E-state index contributed by atoms with van der Waals surface area (Å²) in [4.78, 5) is 38.0. The molecule has 1 fully saturated rings. The van der Waals surface area contributed by atoms with Gasteiger partial charge in [0.05, 0.1) is 6.54 Å². The van der Waals surface area contributed by atoms with E-state index in [1.165, 1.54) is 55.1 Å². The molecule has 8 nitrogen and oxygen atoms in total. The lowest BCUT2D eigenvalue weighted by Crippen LogP contribution is -2.54. The number of urea groups is 1. The number of amides is 2.